The number of rotatable bonds is 21. The topological polar surface area (TPSA) is 239 Å². The van der Waals surface area contributed by atoms with Gasteiger partial charge in [-0.15, -0.1) is 0 Å². The lowest BCUT2D eigenvalue weighted by atomic mass is 9.98. The summed E-state index contributed by atoms with van der Waals surface area (Å²) in [6.45, 7) is 0.562. The van der Waals surface area contributed by atoms with Gasteiger partial charge in [0, 0.05) is 6.42 Å². The maximum Gasteiger partial charge on any atom is 0.397 e. The molecule has 2 aliphatic heterocycles. The molecule has 15 nitrogen and oxygen atoms in total. The lowest BCUT2D eigenvalue weighted by Crippen LogP contribution is -2.65. The van der Waals surface area contributed by atoms with Gasteiger partial charge < -0.3 is 49.6 Å². The average molecular weight is 661 g/mol. The molecular formula is C28H52O15S. The molecule has 0 aromatic heterocycles. The molecule has 44 heavy (non-hydrogen) atoms. The van der Waals surface area contributed by atoms with E-state index < -0.39 is 91.0 Å². The van der Waals surface area contributed by atoms with Gasteiger partial charge in [-0.1, -0.05) is 84.0 Å². The minimum atomic E-state index is -5.22. The molecule has 10 atom stereocenters. The summed E-state index contributed by atoms with van der Waals surface area (Å²) < 4.78 is 58.0. The third kappa shape index (κ3) is 13.0. The van der Waals surface area contributed by atoms with Gasteiger partial charge in [-0.05, 0) is 6.42 Å². The van der Waals surface area contributed by atoms with E-state index in [1.807, 2.05) is 0 Å². The molecule has 0 aliphatic carbocycles. The van der Waals surface area contributed by atoms with Crippen molar-refractivity contribution in [3.05, 3.63) is 0 Å². The number of ether oxygens (including phenoxy) is 4. The first kappa shape index (κ1) is 39.2. The first-order chi connectivity index (χ1) is 20.9. The first-order valence-corrected chi connectivity index (χ1v) is 17.1. The number of carbonyl (C=O) groups is 1. The molecule has 2 heterocycles. The summed E-state index contributed by atoms with van der Waals surface area (Å²) in [5, 5.41) is 60.6. The van der Waals surface area contributed by atoms with Gasteiger partial charge in [-0.3, -0.25) is 9.35 Å². The molecule has 2 aliphatic rings. The molecule has 0 unspecified atom stereocenters. The van der Waals surface area contributed by atoms with Crippen LogP contribution < -0.4 is 0 Å². The van der Waals surface area contributed by atoms with E-state index in [-0.39, 0.29) is 6.42 Å². The summed E-state index contributed by atoms with van der Waals surface area (Å²) in [7, 11) is -5.22. The lowest BCUT2D eigenvalue weighted by molar-refractivity contribution is -0.374. The molecule has 7 N–H and O–H groups in total. The van der Waals surface area contributed by atoms with Gasteiger partial charge in [0.2, 0.25) is 6.29 Å². The summed E-state index contributed by atoms with van der Waals surface area (Å²) >= 11 is 0. The Morgan fingerprint density at radius 2 is 1.07 bits per heavy atom. The Bertz CT molecular complexity index is 905. The van der Waals surface area contributed by atoms with Crippen molar-refractivity contribution in [2.24, 2.45) is 0 Å². The molecule has 0 radical (unpaired) electrons. The number of aliphatic hydroxyl groups excluding tert-OH is 6. The van der Waals surface area contributed by atoms with Gasteiger partial charge in [-0.2, -0.15) is 8.42 Å². The highest BCUT2D eigenvalue weighted by atomic mass is 32.3. The van der Waals surface area contributed by atoms with E-state index in [1.165, 1.54) is 51.4 Å². The molecule has 0 amide bonds. The maximum atomic E-state index is 12.6. The Kier molecular flexibility index (Phi) is 18.0. The third-order valence-corrected chi connectivity index (χ3v) is 8.37. The van der Waals surface area contributed by atoms with Crippen LogP contribution >= 0.6 is 0 Å². The van der Waals surface area contributed by atoms with Crippen LogP contribution in [-0.4, -0.2) is 124 Å². The highest BCUT2D eigenvalue weighted by Gasteiger charge is 2.53. The molecule has 0 bridgehead atoms. The van der Waals surface area contributed by atoms with Crippen LogP contribution in [0.15, 0.2) is 0 Å². The van der Waals surface area contributed by atoms with Gasteiger partial charge in [0.1, 0.15) is 36.6 Å². The minimum absolute atomic E-state index is 0.0147. The van der Waals surface area contributed by atoms with Crippen LogP contribution in [0, 0.1) is 0 Å². The van der Waals surface area contributed by atoms with Gasteiger partial charge in [0.15, 0.2) is 18.5 Å². The predicted octanol–water partition coefficient (Wildman–Crippen LogP) is 0.462. The zero-order chi connectivity index (χ0) is 32.7. The summed E-state index contributed by atoms with van der Waals surface area (Å²) in [5.41, 5.74) is 0. The van der Waals surface area contributed by atoms with Gasteiger partial charge >= 0.3 is 16.4 Å². The van der Waals surface area contributed by atoms with Crippen molar-refractivity contribution in [1.82, 2.24) is 0 Å². The second kappa shape index (κ2) is 20.3. The number of hydrogen-bond donors (Lipinski definition) is 7. The van der Waals surface area contributed by atoms with E-state index >= 15 is 0 Å². The Labute approximate surface area is 259 Å². The zero-order valence-corrected chi connectivity index (χ0v) is 26.2. The van der Waals surface area contributed by atoms with Gasteiger partial charge in [0.25, 0.3) is 0 Å². The second-order valence-electron chi connectivity index (χ2n) is 11.5. The Balaban J connectivity index is 1.90. The molecule has 0 spiro atoms. The fraction of sp³-hybridized carbons (Fsp3) is 0.964. The van der Waals surface area contributed by atoms with Crippen molar-refractivity contribution in [3.8, 4) is 0 Å². The third-order valence-electron chi connectivity index (χ3n) is 7.90. The van der Waals surface area contributed by atoms with Crippen LogP contribution in [0.25, 0.3) is 0 Å². The quantitative estimate of drug-likeness (QED) is 0.0503. The Hall–Kier alpha value is -1.02. The maximum absolute atomic E-state index is 12.6. The summed E-state index contributed by atoms with van der Waals surface area (Å²) in [6, 6.07) is 0. The monoisotopic (exact) mass is 660 g/mol. The van der Waals surface area contributed by atoms with Crippen LogP contribution in [0.3, 0.4) is 0 Å². The number of unbranched alkanes of at least 4 members (excludes halogenated alkanes) is 12. The van der Waals surface area contributed by atoms with Crippen LogP contribution in [0.2, 0.25) is 0 Å². The van der Waals surface area contributed by atoms with Crippen molar-refractivity contribution < 1.29 is 71.5 Å². The van der Waals surface area contributed by atoms with E-state index in [4.69, 9.17) is 23.5 Å². The van der Waals surface area contributed by atoms with Crippen LogP contribution in [0.1, 0.15) is 96.8 Å². The van der Waals surface area contributed by atoms with Crippen molar-refractivity contribution >= 4 is 16.4 Å². The molecule has 0 aromatic carbocycles. The standard InChI is InChI=1S/C28H52O15S/c1-2-3-4-5-6-7-8-9-10-11-12-13-14-15-20(31)41-25-23(34)21(32)18(16-29)39-27(25)42-28-26(43-44(36,37)38)24(35)22(33)19(17-30)40-28/h18-19,21-30,32-35H,2-17H2,1H3,(H,36,37,38)/t18-,19-,21-,22-,23+,24+,25-,26-,27-,28-/m1/s1. The smallest absolute Gasteiger partial charge is 0.397 e. The Morgan fingerprint density at radius 1 is 0.659 bits per heavy atom. The fourth-order valence-corrected chi connectivity index (χ4v) is 5.82. The number of carbonyl (C=O) groups excluding carboxylic acids is 1. The molecule has 16 heteroatoms. The molecule has 0 aromatic rings. The first-order valence-electron chi connectivity index (χ1n) is 15.7. The number of hydrogen-bond acceptors (Lipinski definition) is 14. The van der Waals surface area contributed by atoms with Crippen molar-refractivity contribution in [2.75, 3.05) is 13.2 Å². The molecule has 0 saturated carbocycles. The molecule has 2 rings (SSSR count). The normalized spacial score (nSPS) is 32.9. The van der Waals surface area contributed by atoms with E-state index in [2.05, 4.69) is 11.1 Å². The van der Waals surface area contributed by atoms with Crippen LogP contribution in [0.4, 0.5) is 0 Å². The lowest BCUT2D eigenvalue weighted by Gasteiger charge is -2.45. The van der Waals surface area contributed by atoms with E-state index in [0.717, 1.165) is 25.7 Å². The summed E-state index contributed by atoms with van der Waals surface area (Å²) in [4.78, 5) is 12.6. The molecule has 2 saturated heterocycles. The summed E-state index contributed by atoms with van der Waals surface area (Å²) in [5.74, 6) is -0.747. The zero-order valence-electron chi connectivity index (χ0n) is 25.4. The van der Waals surface area contributed by atoms with Gasteiger partial charge in [-0.25, -0.2) is 4.18 Å². The number of aliphatic hydroxyl groups is 6. The van der Waals surface area contributed by atoms with E-state index in [1.54, 1.807) is 0 Å². The van der Waals surface area contributed by atoms with Crippen LogP contribution in [-0.2, 0) is 38.3 Å². The highest BCUT2D eigenvalue weighted by Crippen LogP contribution is 2.31. The van der Waals surface area contributed by atoms with Gasteiger partial charge in [0.05, 0.1) is 13.2 Å². The fourth-order valence-electron chi connectivity index (χ4n) is 5.33. The van der Waals surface area contributed by atoms with Crippen molar-refractivity contribution in [1.29, 1.82) is 0 Å². The molecule has 2 fully saturated rings. The highest BCUT2D eigenvalue weighted by molar-refractivity contribution is 7.80. The molecule has 260 valence electrons. The van der Waals surface area contributed by atoms with E-state index in [9.17, 15) is 43.9 Å². The molecular weight excluding hydrogens is 608 g/mol. The Morgan fingerprint density at radius 3 is 1.50 bits per heavy atom. The average Bonchev–Trinajstić information content (AvgIpc) is 2.98. The van der Waals surface area contributed by atoms with Crippen molar-refractivity contribution in [3.63, 3.8) is 0 Å². The van der Waals surface area contributed by atoms with E-state index in [0.29, 0.717) is 6.42 Å². The SMILES string of the molecule is CCCCCCCCCCCCCCCC(=O)O[C@H]1[C@@H](O[C@H]2O[C@H](CO)[C@@H](O)[C@H](O)[C@H]2OS(=O)(=O)O)O[C@H](CO)[C@@H](O)[C@@H]1O. The van der Waals surface area contributed by atoms with Crippen molar-refractivity contribution in [2.45, 2.75) is 158 Å². The largest absolute Gasteiger partial charge is 0.454 e. The number of esters is 1. The van der Waals surface area contributed by atoms with Crippen LogP contribution in [0.5, 0.6) is 0 Å². The second-order valence-corrected chi connectivity index (χ2v) is 12.5. The summed E-state index contributed by atoms with van der Waals surface area (Å²) in [6.07, 6.45) is -3.44. The minimum Gasteiger partial charge on any atom is -0.454 e. The predicted molar refractivity (Wildman–Crippen MR) is 153 cm³/mol.